The summed E-state index contributed by atoms with van der Waals surface area (Å²) in [7, 11) is 3.15. The highest BCUT2D eigenvalue weighted by Crippen LogP contribution is 2.42. The molecule has 0 aromatic heterocycles. The molecule has 1 fully saturated rings. The van der Waals surface area contributed by atoms with Crippen LogP contribution < -0.4 is 14.2 Å². The number of aliphatic hydroxyl groups excluding tert-OH is 1. The molecular formula is C31H36N2O6. The molecule has 0 radical (unpaired) electrons. The normalized spacial score (nSPS) is 16.8. The molecule has 1 unspecified atom stereocenters. The van der Waals surface area contributed by atoms with Gasteiger partial charge in [0.25, 0.3) is 11.7 Å². The maximum atomic E-state index is 13.5. The number of amides is 1. The van der Waals surface area contributed by atoms with Crippen molar-refractivity contribution in [3.63, 3.8) is 0 Å². The minimum Gasteiger partial charge on any atom is -0.507 e. The Morgan fingerprint density at radius 1 is 0.897 bits per heavy atom. The third kappa shape index (κ3) is 5.56. The number of hydrogen-bond acceptors (Lipinski definition) is 7. The summed E-state index contributed by atoms with van der Waals surface area (Å²) < 4.78 is 16.5. The summed E-state index contributed by atoms with van der Waals surface area (Å²) >= 11 is 0. The summed E-state index contributed by atoms with van der Waals surface area (Å²) in [6.07, 6.45) is 0. The Morgan fingerprint density at radius 2 is 1.62 bits per heavy atom. The van der Waals surface area contributed by atoms with Crippen molar-refractivity contribution in [3.05, 3.63) is 71.3 Å². The van der Waals surface area contributed by atoms with E-state index in [0.717, 1.165) is 29.6 Å². The maximum Gasteiger partial charge on any atom is 0.295 e. The van der Waals surface area contributed by atoms with E-state index in [1.807, 2.05) is 43.3 Å². The lowest BCUT2D eigenvalue weighted by Gasteiger charge is -2.28. The highest BCUT2D eigenvalue weighted by atomic mass is 16.5. The largest absolute Gasteiger partial charge is 0.507 e. The molecular weight excluding hydrogens is 496 g/mol. The third-order valence-electron chi connectivity index (χ3n) is 7.22. The molecule has 0 bridgehead atoms. The number of ether oxygens (including phenoxy) is 3. The molecule has 1 aliphatic rings. The first-order chi connectivity index (χ1) is 18.9. The molecule has 4 rings (SSSR count). The summed E-state index contributed by atoms with van der Waals surface area (Å²) in [4.78, 5) is 30.6. The second kappa shape index (κ2) is 12.2. The summed E-state index contributed by atoms with van der Waals surface area (Å²) in [6, 6.07) is 15.6. The second-order valence-electron chi connectivity index (χ2n) is 9.29. The fourth-order valence-corrected chi connectivity index (χ4v) is 5.03. The van der Waals surface area contributed by atoms with E-state index < -0.39 is 17.7 Å². The van der Waals surface area contributed by atoms with Crippen LogP contribution in [-0.2, 0) is 9.59 Å². The lowest BCUT2D eigenvalue weighted by atomic mass is 9.94. The van der Waals surface area contributed by atoms with Gasteiger partial charge in [0.2, 0.25) is 0 Å². The van der Waals surface area contributed by atoms with Gasteiger partial charge < -0.3 is 29.1 Å². The Kier molecular flexibility index (Phi) is 8.76. The number of Topliss-reactive ketones (excluding diaryl/α,β-unsaturated/α-hetero) is 1. The zero-order valence-electron chi connectivity index (χ0n) is 23.2. The number of benzene rings is 3. The van der Waals surface area contributed by atoms with Crippen LogP contribution in [0.3, 0.4) is 0 Å². The molecule has 1 atom stereocenters. The van der Waals surface area contributed by atoms with Crippen molar-refractivity contribution >= 4 is 28.2 Å². The average Bonchev–Trinajstić information content (AvgIpc) is 3.22. The molecule has 1 amide bonds. The Hall–Kier alpha value is -4.04. The van der Waals surface area contributed by atoms with Crippen LogP contribution in [0.2, 0.25) is 0 Å². The maximum absolute atomic E-state index is 13.5. The predicted octanol–water partition coefficient (Wildman–Crippen LogP) is 5.02. The number of likely N-dealkylation sites (tertiary alicyclic amines) is 1. The molecule has 0 spiro atoms. The summed E-state index contributed by atoms with van der Waals surface area (Å²) in [5, 5.41) is 13.3. The molecule has 1 heterocycles. The van der Waals surface area contributed by atoms with Crippen LogP contribution in [0, 0.1) is 0 Å². The van der Waals surface area contributed by atoms with E-state index in [4.69, 9.17) is 14.2 Å². The van der Waals surface area contributed by atoms with E-state index in [1.54, 1.807) is 37.3 Å². The van der Waals surface area contributed by atoms with Crippen LogP contribution in [0.5, 0.6) is 17.2 Å². The number of aliphatic hydroxyl groups is 1. The molecule has 0 saturated carbocycles. The van der Waals surface area contributed by atoms with Gasteiger partial charge in [0, 0.05) is 18.7 Å². The highest BCUT2D eigenvalue weighted by Gasteiger charge is 2.46. The van der Waals surface area contributed by atoms with E-state index >= 15 is 0 Å². The average molecular weight is 533 g/mol. The number of nitrogens with zero attached hydrogens (tertiary/aromatic N) is 2. The van der Waals surface area contributed by atoms with E-state index in [9.17, 15) is 14.7 Å². The van der Waals surface area contributed by atoms with Crippen molar-refractivity contribution in [2.75, 3.05) is 47.0 Å². The van der Waals surface area contributed by atoms with Gasteiger partial charge in [-0.3, -0.25) is 9.59 Å². The molecule has 8 heteroatoms. The molecule has 1 N–H and O–H groups in total. The zero-order chi connectivity index (χ0) is 28.1. The van der Waals surface area contributed by atoms with Crippen molar-refractivity contribution in [2.24, 2.45) is 0 Å². The topological polar surface area (TPSA) is 88.5 Å². The van der Waals surface area contributed by atoms with Gasteiger partial charge in [-0.05, 0) is 66.7 Å². The molecule has 3 aromatic rings. The highest BCUT2D eigenvalue weighted by molar-refractivity contribution is 6.46. The van der Waals surface area contributed by atoms with Crippen LogP contribution in [0.4, 0.5) is 0 Å². The van der Waals surface area contributed by atoms with Crippen LogP contribution in [-0.4, -0.2) is 73.6 Å². The first kappa shape index (κ1) is 28.0. The van der Waals surface area contributed by atoms with Crippen LogP contribution in [0.15, 0.2) is 60.2 Å². The number of hydrogen-bond donors (Lipinski definition) is 1. The smallest absolute Gasteiger partial charge is 0.295 e. The van der Waals surface area contributed by atoms with E-state index in [1.165, 1.54) is 0 Å². The van der Waals surface area contributed by atoms with Gasteiger partial charge in [-0.2, -0.15) is 0 Å². The standard InChI is InChI=1S/C31H36N2O6/c1-6-32(7-2)15-16-33-28(22-12-14-25(39-8-3)26(19-22)38-5)27(30(35)31(33)36)29(34)23-10-9-21-18-24(37-4)13-11-20(21)17-23/h9-14,17-19,28,34H,6-8,15-16H2,1-5H3/b29-27+. The Labute approximate surface area is 229 Å². The minimum atomic E-state index is -0.781. The van der Waals surface area contributed by atoms with Crippen molar-refractivity contribution in [1.29, 1.82) is 0 Å². The fraction of sp³-hybridized carbons (Fsp3) is 0.355. The lowest BCUT2D eigenvalue weighted by Crippen LogP contribution is -2.38. The van der Waals surface area contributed by atoms with E-state index in [2.05, 4.69) is 18.7 Å². The Balaban J connectivity index is 1.84. The molecule has 39 heavy (non-hydrogen) atoms. The van der Waals surface area contributed by atoms with Gasteiger partial charge in [-0.1, -0.05) is 38.1 Å². The second-order valence-corrected chi connectivity index (χ2v) is 9.29. The number of carbonyl (C=O) groups is 2. The minimum absolute atomic E-state index is 0.0543. The molecule has 1 saturated heterocycles. The summed E-state index contributed by atoms with van der Waals surface area (Å²) in [5.41, 5.74) is 1.16. The number of methoxy groups -OCH3 is 2. The number of rotatable bonds is 11. The van der Waals surface area contributed by atoms with Gasteiger partial charge in [0.1, 0.15) is 11.5 Å². The van der Waals surface area contributed by atoms with E-state index in [-0.39, 0.29) is 11.3 Å². The third-order valence-corrected chi connectivity index (χ3v) is 7.22. The number of likely N-dealkylation sites (N-methyl/N-ethyl adjacent to an activating group) is 1. The first-order valence-corrected chi connectivity index (χ1v) is 13.3. The van der Waals surface area contributed by atoms with Crippen LogP contribution in [0.1, 0.15) is 37.9 Å². The summed E-state index contributed by atoms with van der Waals surface area (Å²) in [5.74, 6) is 0.223. The van der Waals surface area contributed by atoms with Crippen molar-refractivity contribution in [2.45, 2.75) is 26.8 Å². The van der Waals surface area contributed by atoms with Gasteiger partial charge in [-0.25, -0.2) is 0 Å². The van der Waals surface area contributed by atoms with Crippen molar-refractivity contribution in [3.8, 4) is 17.2 Å². The number of fused-ring (bicyclic) bond motifs is 1. The number of carbonyl (C=O) groups excluding carboxylic acids is 2. The Morgan fingerprint density at radius 3 is 2.28 bits per heavy atom. The lowest BCUT2D eigenvalue weighted by molar-refractivity contribution is -0.140. The van der Waals surface area contributed by atoms with Crippen molar-refractivity contribution < 1.29 is 28.9 Å². The van der Waals surface area contributed by atoms with Crippen molar-refractivity contribution in [1.82, 2.24) is 9.80 Å². The number of ketones is 1. The van der Waals surface area contributed by atoms with Crippen LogP contribution in [0.25, 0.3) is 16.5 Å². The fourth-order valence-electron chi connectivity index (χ4n) is 5.03. The molecule has 3 aromatic carbocycles. The monoisotopic (exact) mass is 532 g/mol. The SMILES string of the molecule is CCOc1ccc(C2/C(=C(\O)c3ccc4cc(OC)ccc4c3)C(=O)C(=O)N2CCN(CC)CC)cc1OC. The van der Waals surface area contributed by atoms with Gasteiger partial charge in [0.15, 0.2) is 11.5 Å². The molecule has 0 aliphatic carbocycles. The van der Waals surface area contributed by atoms with Gasteiger partial charge in [0.05, 0.1) is 32.4 Å². The quantitative estimate of drug-likeness (QED) is 0.211. The summed E-state index contributed by atoms with van der Waals surface area (Å²) in [6.45, 7) is 9.04. The molecule has 8 nitrogen and oxygen atoms in total. The molecule has 1 aliphatic heterocycles. The van der Waals surface area contributed by atoms with E-state index in [0.29, 0.717) is 42.3 Å². The predicted molar refractivity (Wildman–Crippen MR) is 151 cm³/mol. The first-order valence-electron chi connectivity index (χ1n) is 13.3. The zero-order valence-corrected chi connectivity index (χ0v) is 23.2. The molecule has 206 valence electrons. The Bertz CT molecular complexity index is 1400. The van der Waals surface area contributed by atoms with Gasteiger partial charge in [-0.15, -0.1) is 0 Å². The van der Waals surface area contributed by atoms with Crippen LogP contribution >= 0.6 is 0 Å². The van der Waals surface area contributed by atoms with Gasteiger partial charge >= 0.3 is 0 Å².